The summed E-state index contributed by atoms with van der Waals surface area (Å²) < 4.78 is 66.8. The Labute approximate surface area is 122 Å². The number of benzene rings is 1. The van der Waals surface area contributed by atoms with E-state index < -0.39 is 34.6 Å². The van der Waals surface area contributed by atoms with Crippen molar-refractivity contribution in [3.8, 4) is 10.4 Å². The number of halogens is 5. The monoisotopic (exact) mass is 321 g/mol. The molecule has 1 atom stereocenters. The summed E-state index contributed by atoms with van der Waals surface area (Å²) in [6.45, 7) is 1.93. The molecule has 7 heteroatoms. The van der Waals surface area contributed by atoms with Crippen LogP contribution in [0.3, 0.4) is 0 Å². The topological polar surface area (TPSA) is 26.0 Å². The summed E-state index contributed by atoms with van der Waals surface area (Å²) in [5.41, 5.74) is 4.96. The minimum absolute atomic E-state index is 0.0376. The molecule has 0 amide bonds. The molecule has 2 rings (SSSR count). The first-order valence-electron chi connectivity index (χ1n) is 6.25. The van der Waals surface area contributed by atoms with E-state index >= 15 is 0 Å². The van der Waals surface area contributed by atoms with E-state index in [0.717, 1.165) is 17.8 Å². The van der Waals surface area contributed by atoms with Gasteiger partial charge in [0.1, 0.15) is 0 Å². The highest BCUT2D eigenvalue weighted by Gasteiger charge is 2.27. The highest BCUT2D eigenvalue weighted by molar-refractivity contribution is 7.15. The largest absolute Gasteiger partial charge is 0.323 e. The Bertz CT molecular complexity index is 639. The van der Waals surface area contributed by atoms with Gasteiger partial charge in [-0.1, -0.05) is 13.3 Å². The van der Waals surface area contributed by atoms with Crippen LogP contribution in [0.25, 0.3) is 10.4 Å². The second-order valence-corrected chi connectivity index (χ2v) is 5.66. The van der Waals surface area contributed by atoms with Gasteiger partial charge in [0.05, 0.1) is 5.56 Å². The summed E-state index contributed by atoms with van der Waals surface area (Å²) in [6.07, 6.45) is 1.48. The van der Waals surface area contributed by atoms with Crippen molar-refractivity contribution in [3.05, 3.63) is 46.1 Å². The molecule has 0 saturated heterocycles. The van der Waals surface area contributed by atoms with Crippen molar-refractivity contribution >= 4 is 11.3 Å². The van der Waals surface area contributed by atoms with Gasteiger partial charge in [0.25, 0.3) is 0 Å². The van der Waals surface area contributed by atoms with E-state index in [1.54, 1.807) is 6.07 Å². The summed E-state index contributed by atoms with van der Waals surface area (Å²) in [5.74, 6) is -9.71. The Kier molecular flexibility index (Phi) is 4.63. The third-order valence-corrected chi connectivity index (χ3v) is 4.28. The second-order valence-electron chi connectivity index (χ2n) is 4.54. The third-order valence-electron chi connectivity index (χ3n) is 3.05. The molecule has 0 bridgehead atoms. The van der Waals surface area contributed by atoms with Crippen molar-refractivity contribution in [2.24, 2.45) is 5.73 Å². The molecular formula is C14H12F5NS. The van der Waals surface area contributed by atoms with Crippen LogP contribution in [0.4, 0.5) is 22.0 Å². The lowest BCUT2D eigenvalue weighted by atomic mass is 10.1. The molecule has 0 spiro atoms. The lowest BCUT2D eigenvalue weighted by molar-refractivity contribution is 0.381. The van der Waals surface area contributed by atoms with Gasteiger partial charge in [-0.3, -0.25) is 0 Å². The molecule has 0 aliphatic heterocycles. The number of hydrogen-bond acceptors (Lipinski definition) is 2. The quantitative estimate of drug-likeness (QED) is 0.483. The van der Waals surface area contributed by atoms with Gasteiger partial charge < -0.3 is 5.73 Å². The molecule has 0 radical (unpaired) electrons. The van der Waals surface area contributed by atoms with Gasteiger partial charge in [-0.25, -0.2) is 22.0 Å². The molecule has 2 N–H and O–H groups in total. The van der Waals surface area contributed by atoms with Crippen LogP contribution in [0.1, 0.15) is 30.7 Å². The van der Waals surface area contributed by atoms with E-state index in [1.807, 2.05) is 6.92 Å². The van der Waals surface area contributed by atoms with Gasteiger partial charge in [0, 0.05) is 15.8 Å². The van der Waals surface area contributed by atoms with Crippen molar-refractivity contribution in [2.45, 2.75) is 25.8 Å². The van der Waals surface area contributed by atoms with Crippen molar-refractivity contribution in [2.75, 3.05) is 0 Å². The van der Waals surface area contributed by atoms with Crippen molar-refractivity contribution in [1.29, 1.82) is 0 Å². The lowest BCUT2D eigenvalue weighted by Crippen LogP contribution is -2.07. The van der Waals surface area contributed by atoms with Crippen molar-refractivity contribution in [1.82, 2.24) is 0 Å². The van der Waals surface area contributed by atoms with Gasteiger partial charge in [-0.15, -0.1) is 11.3 Å². The number of thiophene rings is 1. The van der Waals surface area contributed by atoms with E-state index in [0.29, 0.717) is 11.3 Å². The first kappa shape index (κ1) is 15.9. The van der Waals surface area contributed by atoms with Gasteiger partial charge >= 0.3 is 0 Å². The van der Waals surface area contributed by atoms with E-state index in [2.05, 4.69) is 0 Å². The molecule has 114 valence electrons. The fourth-order valence-corrected chi connectivity index (χ4v) is 3.04. The molecule has 1 unspecified atom stereocenters. The average Bonchev–Trinajstić information content (AvgIpc) is 2.93. The van der Waals surface area contributed by atoms with Crippen LogP contribution in [0.2, 0.25) is 0 Å². The van der Waals surface area contributed by atoms with Crippen LogP contribution in [0.5, 0.6) is 0 Å². The van der Waals surface area contributed by atoms with Gasteiger partial charge in [0.15, 0.2) is 23.3 Å². The van der Waals surface area contributed by atoms with Crippen LogP contribution in [0, 0.1) is 29.1 Å². The minimum atomic E-state index is -2.16. The van der Waals surface area contributed by atoms with Crippen LogP contribution in [-0.2, 0) is 0 Å². The predicted molar refractivity (Wildman–Crippen MR) is 71.4 cm³/mol. The zero-order chi connectivity index (χ0) is 15.7. The summed E-state index contributed by atoms with van der Waals surface area (Å²) >= 11 is 0.925. The standard InChI is InChI=1S/C14H12F5NS/c1-2-3-6(20)7-4-5-8(21-7)9-10(15)12(17)14(19)13(18)11(9)16/h4-6H,2-3,20H2,1H3. The lowest BCUT2D eigenvalue weighted by Gasteiger charge is -2.08. The molecule has 1 aromatic carbocycles. The normalized spacial score (nSPS) is 12.7. The highest BCUT2D eigenvalue weighted by Crippen LogP contribution is 2.37. The fraction of sp³-hybridized carbons (Fsp3) is 0.286. The fourth-order valence-electron chi connectivity index (χ4n) is 1.96. The average molecular weight is 321 g/mol. The Balaban J connectivity index is 2.53. The molecule has 0 fully saturated rings. The Hall–Kier alpha value is -1.47. The summed E-state index contributed by atoms with van der Waals surface area (Å²) in [7, 11) is 0. The maximum absolute atomic E-state index is 13.7. The maximum atomic E-state index is 13.7. The molecule has 0 aliphatic carbocycles. The molecule has 21 heavy (non-hydrogen) atoms. The minimum Gasteiger partial charge on any atom is -0.323 e. The van der Waals surface area contributed by atoms with Crippen LogP contribution in [0.15, 0.2) is 12.1 Å². The Morgan fingerprint density at radius 2 is 1.48 bits per heavy atom. The van der Waals surface area contributed by atoms with Gasteiger partial charge in [-0.05, 0) is 18.6 Å². The number of nitrogens with two attached hydrogens (primary N) is 1. The first-order chi connectivity index (χ1) is 9.88. The molecule has 1 aromatic heterocycles. The Morgan fingerprint density at radius 1 is 0.952 bits per heavy atom. The summed E-state index contributed by atoms with van der Waals surface area (Å²) in [4.78, 5) is 0.597. The highest BCUT2D eigenvalue weighted by atomic mass is 32.1. The molecular weight excluding hydrogens is 309 g/mol. The molecule has 1 heterocycles. The van der Waals surface area contributed by atoms with Crippen LogP contribution < -0.4 is 5.73 Å². The zero-order valence-electron chi connectivity index (χ0n) is 11.0. The van der Waals surface area contributed by atoms with Crippen molar-refractivity contribution in [3.63, 3.8) is 0 Å². The molecule has 0 aliphatic rings. The van der Waals surface area contributed by atoms with E-state index in [9.17, 15) is 22.0 Å². The summed E-state index contributed by atoms with van der Waals surface area (Å²) in [5, 5.41) is 0. The maximum Gasteiger partial charge on any atom is 0.200 e. The third kappa shape index (κ3) is 2.80. The van der Waals surface area contributed by atoms with Gasteiger partial charge in [-0.2, -0.15) is 0 Å². The van der Waals surface area contributed by atoms with Crippen LogP contribution in [-0.4, -0.2) is 0 Å². The van der Waals surface area contributed by atoms with Crippen LogP contribution >= 0.6 is 11.3 Å². The SMILES string of the molecule is CCCC(N)c1ccc(-c2c(F)c(F)c(F)c(F)c2F)s1. The second kappa shape index (κ2) is 6.11. The molecule has 1 nitrogen and oxygen atoms in total. The number of hydrogen-bond donors (Lipinski definition) is 1. The van der Waals surface area contributed by atoms with Gasteiger partial charge in [0.2, 0.25) is 5.82 Å². The summed E-state index contributed by atoms with van der Waals surface area (Å²) in [6, 6.07) is 2.53. The molecule has 0 saturated carbocycles. The molecule has 2 aromatic rings. The van der Waals surface area contributed by atoms with E-state index in [4.69, 9.17) is 5.73 Å². The number of rotatable bonds is 4. The zero-order valence-corrected chi connectivity index (χ0v) is 11.8. The van der Waals surface area contributed by atoms with Crippen molar-refractivity contribution < 1.29 is 22.0 Å². The van der Waals surface area contributed by atoms with E-state index in [-0.39, 0.29) is 10.9 Å². The smallest absolute Gasteiger partial charge is 0.200 e. The predicted octanol–water partition coefficient (Wildman–Crippen LogP) is 4.91. The Morgan fingerprint density at radius 3 is 2.00 bits per heavy atom. The first-order valence-corrected chi connectivity index (χ1v) is 7.07. The van der Waals surface area contributed by atoms with E-state index in [1.165, 1.54) is 6.07 Å².